The summed E-state index contributed by atoms with van der Waals surface area (Å²) in [4.78, 5) is 68.9. The quantitative estimate of drug-likeness (QED) is 0.132. The molecule has 2 unspecified atom stereocenters. The largest absolute Gasteiger partial charge is 0.495 e. The number of methoxy groups -OCH3 is 4. The highest BCUT2D eigenvalue weighted by Gasteiger charge is 2.41. The van der Waals surface area contributed by atoms with Crippen LogP contribution in [0.3, 0.4) is 0 Å². The molecular weight excluding hydrogens is 701 g/mol. The second-order valence-corrected chi connectivity index (χ2v) is 14.7. The first-order chi connectivity index (χ1) is 24.4. The standard InChI is InChI=1S/C36H30N2O11S2/c1-10-7-12-16-17-19-22(21-18(16)23(27(40)29(12)46-3)25-33(31(21)48-5)50-8-13(37-25)35(42)43)32(49-6)34-26(38-14(9-51-34)36(44)45)24(19)28(41)30(47-4)20(17)15(10)11(2)39/h13-14,37-38H,7-9H2,1-6H3,(H,42,43)(H,44,45). The number of benzene rings is 5. The average Bonchev–Trinajstić information content (AvgIpc) is 3.23. The first kappa shape index (κ1) is 33.0. The Kier molecular flexibility index (Phi) is 7.40. The summed E-state index contributed by atoms with van der Waals surface area (Å²) in [6, 6.07) is -2.06. The maximum atomic E-state index is 14.9. The Hall–Kier alpha value is -5.15. The number of carboxylic acids is 2. The third kappa shape index (κ3) is 4.15. The number of carboxylic acid groups (broad SMARTS) is 2. The van der Waals surface area contributed by atoms with E-state index in [-0.39, 0.29) is 68.5 Å². The maximum Gasteiger partial charge on any atom is 0.326 e. The van der Waals surface area contributed by atoms with E-state index in [1.165, 1.54) is 58.9 Å². The Morgan fingerprint density at radius 1 is 0.647 bits per heavy atom. The molecule has 2 heterocycles. The summed E-state index contributed by atoms with van der Waals surface area (Å²) in [6.45, 7) is 3.15. The highest BCUT2D eigenvalue weighted by molar-refractivity contribution is 8.00. The molecule has 0 spiro atoms. The predicted molar refractivity (Wildman–Crippen MR) is 196 cm³/mol. The number of fused-ring (bicyclic) bond motifs is 5. The first-order valence-corrected chi connectivity index (χ1v) is 17.8. The fourth-order valence-corrected chi connectivity index (χ4v) is 10.5. The van der Waals surface area contributed by atoms with Gasteiger partial charge in [-0.05, 0) is 25.7 Å². The molecule has 2 atom stereocenters. The van der Waals surface area contributed by atoms with Crippen molar-refractivity contribution in [1.82, 2.24) is 0 Å². The van der Waals surface area contributed by atoms with Crippen molar-refractivity contribution in [1.29, 1.82) is 0 Å². The summed E-state index contributed by atoms with van der Waals surface area (Å²) in [6.07, 6.45) is 0.0947. The molecule has 5 aromatic rings. The van der Waals surface area contributed by atoms with Crippen LogP contribution in [0.25, 0.3) is 48.7 Å². The van der Waals surface area contributed by atoms with E-state index < -0.39 is 34.9 Å². The maximum absolute atomic E-state index is 14.9. The van der Waals surface area contributed by atoms with Crippen LogP contribution in [0.4, 0.5) is 11.4 Å². The zero-order valence-electron chi connectivity index (χ0n) is 28.2. The SMILES string of the molecule is COc1c2c3c4c(c(OC)c(=O)c5c6c(c(OC)c(c7c(OC)c8c(c(c1=O)c37)NC(C(=O)O)CS8)c54)SCC(C(=O)O)N6)C(C(C)=O)=C(C)C2. The van der Waals surface area contributed by atoms with Crippen molar-refractivity contribution in [2.45, 2.75) is 42.1 Å². The molecule has 2 aliphatic heterocycles. The molecule has 0 saturated carbocycles. The van der Waals surface area contributed by atoms with Crippen LogP contribution in [0, 0.1) is 0 Å². The lowest BCUT2D eigenvalue weighted by atomic mass is 9.82. The summed E-state index contributed by atoms with van der Waals surface area (Å²) in [5, 5.41) is 29.1. The van der Waals surface area contributed by atoms with Gasteiger partial charge in [0.1, 0.15) is 23.6 Å². The van der Waals surface area contributed by atoms with E-state index in [0.29, 0.717) is 64.7 Å². The number of rotatable bonds is 7. The van der Waals surface area contributed by atoms with Gasteiger partial charge in [0.15, 0.2) is 17.3 Å². The van der Waals surface area contributed by atoms with Crippen LogP contribution in [-0.4, -0.2) is 80.0 Å². The van der Waals surface area contributed by atoms with Crippen molar-refractivity contribution in [2.75, 3.05) is 50.6 Å². The minimum absolute atomic E-state index is 0.00137. The van der Waals surface area contributed by atoms with E-state index in [2.05, 4.69) is 10.6 Å². The van der Waals surface area contributed by atoms with Crippen LogP contribution < -0.4 is 40.4 Å². The number of allylic oxidation sites excluding steroid dienone is 2. The number of carbonyl (C=O) groups excluding carboxylic acids is 1. The normalized spacial score (nSPS) is 18.0. The summed E-state index contributed by atoms with van der Waals surface area (Å²) in [5.74, 6) is -1.78. The summed E-state index contributed by atoms with van der Waals surface area (Å²) in [7, 11) is 5.66. The summed E-state index contributed by atoms with van der Waals surface area (Å²) < 4.78 is 24.1. The van der Waals surface area contributed by atoms with Crippen molar-refractivity contribution >= 4 is 101 Å². The summed E-state index contributed by atoms with van der Waals surface area (Å²) in [5.41, 5.74) is 0.960. The van der Waals surface area contributed by atoms with E-state index >= 15 is 0 Å². The Morgan fingerprint density at radius 3 is 1.53 bits per heavy atom. The number of Topliss-reactive ketones (excluding diaryl/α,β-unsaturated/α-hetero) is 1. The molecule has 15 heteroatoms. The van der Waals surface area contributed by atoms with Crippen molar-refractivity contribution in [3.05, 3.63) is 37.1 Å². The van der Waals surface area contributed by atoms with E-state index in [1.54, 1.807) is 6.92 Å². The molecule has 0 aromatic heterocycles. The number of anilines is 2. The van der Waals surface area contributed by atoms with Gasteiger partial charge in [0.05, 0.1) is 60.4 Å². The van der Waals surface area contributed by atoms with Crippen LogP contribution in [0.2, 0.25) is 0 Å². The zero-order chi connectivity index (χ0) is 36.4. The Labute approximate surface area is 296 Å². The molecule has 8 rings (SSSR count). The zero-order valence-corrected chi connectivity index (χ0v) is 29.8. The van der Waals surface area contributed by atoms with Gasteiger partial charge in [-0.15, -0.1) is 23.5 Å². The van der Waals surface area contributed by atoms with Gasteiger partial charge in [0.2, 0.25) is 10.9 Å². The molecule has 0 bridgehead atoms. The average molecular weight is 731 g/mol. The van der Waals surface area contributed by atoms with E-state index in [9.17, 15) is 34.2 Å². The van der Waals surface area contributed by atoms with Gasteiger partial charge in [-0.1, -0.05) is 5.57 Å². The van der Waals surface area contributed by atoms with Crippen molar-refractivity contribution < 1.29 is 43.5 Å². The van der Waals surface area contributed by atoms with Gasteiger partial charge in [-0.2, -0.15) is 0 Å². The first-order valence-electron chi connectivity index (χ1n) is 15.8. The summed E-state index contributed by atoms with van der Waals surface area (Å²) >= 11 is 2.44. The lowest BCUT2D eigenvalue weighted by Gasteiger charge is -2.32. The lowest BCUT2D eigenvalue weighted by Crippen LogP contribution is -2.35. The molecule has 0 amide bonds. The molecule has 51 heavy (non-hydrogen) atoms. The van der Waals surface area contributed by atoms with Crippen molar-refractivity contribution in [3.8, 4) is 23.0 Å². The third-order valence-corrected chi connectivity index (χ3v) is 12.4. The lowest BCUT2D eigenvalue weighted by molar-refractivity contribution is -0.138. The van der Waals surface area contributed by atoms with Gasteiger partial charge in [0.25, 0.3) is 0 Å². The van der Waals surface area contributed by atoms with Gasteiger partial charge in [-0.3, -0.25) is 14.4 Å². The van der Waals surface area contributed by atoms with Crippen LogP contribution in [0.1, 0.15) is 25.0 Å². The Bertz CT molecular complexity index is 2620. The van der Waals surface area contributed by atoms with Gasteiger partial charge >= 0.3 is 11.9 Å². The number of hydrogen-bond donors (Lipinski definition) is 4. The van der Waals surface area contributed by atoms with Gasteiger partial charge < -0.3 is 39.8 Å². The van der Waals surface area contributed by atoms with E-state index in [0.717, 1.165) is 0 Å². The number of nitrogens with one attached hydrogen (secondary N) is 2. The van der Waals surface area contributed by atoms with Crippen LogP contribution in [0.15, 0.2) is 25.0 Å². The molecule has 13 nitrogen and oxygen atoms in total. The van der Waals surface area contributed by atoms with Gasteiger partial charge in [0, 0.05) is 55.1 Å². The Balaban J connectivity index is 1.80. The molecule has 1 aliphatic carbocycles. The minimum Gasteiger partial charge on any atom is -0.495 e. The second-order valence-electron chi connectivity index (χ2n) is 12.6. The monoisotopic (exact) mass is 730 g/mol. The topological polar surface area (TPSA) is 187 Å². The molecule has 0 saturated heterocycles. The molecular formula is C36H30N2O11S2. The van der Waals surface area contributed by atoms with Crippen molar-refractivity contribution in [2.24, 2.45) is 0 Å². The number of ketones is 1. The molecule has 4 N–H and O–H groups in total. The van der Waals surface area contributed by atoms with Crippen LogP contribution in [-0.2, 0) is 20.8 Å². The molecule has 0 fully saturated rings. The second kappa shape index (κ2) is 11.4. The third-order valence-electron chi connectivity index (χ3n) is 10.0. The molecule has 0 radical (unpaired) electrons. The Morgan fingerprint density at radius 2 is 1.10 bits per heavy atom. The smallest absolute Gasteiger partial charge is 0.326 e. The minimum atomic E-state index is -1.11. The predicted octanol–water partition coefficient (Wildman–Crippen LogP) is 4.79. The van der Waals surface area contributed by atoms with E-state index in [1.807, 2.05) is 0 Å². The highest BCUT2D eigenvalue weighted by Crippen LogP contribution is 2.60. The highest BCUT2D eigenvalue weighted by atomic mass is 32.2. The molecule has 5 aromatic carbocycles. The van der Waals surface area contributed by atoms with E-state index in [4.69, 9.17) is 18.9 Å². The molecule has 262 valence electrons. The number of carbonyl (C=O) groups is 3. The van der Waals surface area contributed by atoms with Gasteiger partial charge in [-0.25, -0.2) is 9.59 Å². The number of thioether (sulfide) groups is 2. The number of aliphatic carboxylic acids is 2. The number of hydrogen-bond acceptors (Lipinski definition) is 13. The molecule has 3 aliphatic rings. The van der Waals surface area contributed by atoms with Crippen molar-refractivity contribution in [3.63, 3.8) is 0 Å². The van der Waals surface area contributed by atoms with Crippen LogP contribution >= 0.6 is 23.5 Å². The van der Waals surface area contributed by atoms with Crippen LogP contribution in [0.5, 0.6) is 23.0 Å². The fraction of sp³-hybridized carbons (Fsp3) is 0.306. The fourth-order valence-electron chi connectivity index (χ4n) is 8.18. The number of ether oxygens (including phenoxy) is 4.